The molecule has 0 radical (unpaired) electrons. The number of nitrogens with two attached hydrogens (primary N) is 1. The SMILES string of the molecule is C/C=C/[C@@H](C)C/C(N)=C\C(=O)OCC. The largest absolute Gasteiger partial charge is 0.463 e. The minimum absolute atomic E-state index is 0.352. The van der Waals surface area contributed by atoms with Crippen molar-refractivity contribution in [1.82, 2.24) is 0 Å². The van der Waals surface area contributed by atoms with Gasteiger partial charge in [0, 0.05) is 11.8 Å². The minimum Gasteiger partial charge on any atom is -0.463 e. The average molecular weight is 197 g/mol. The molecule has 3 heteroatoms. The van der Waals surface area contributed by atoms with E-state index in [0.717, 1.165) is 0 Å². The average Bonchev–Trinajstić information content (AvgIpc) is 2.03. The predicted octanol–water partition coefficient (Wildman–Crippen LogP) is 1.99. The molecule has 0 aromatic heterocycles. The Hall–Kier alpha value is -1.25. The summed E-state index contributed by atoms with van der Waals surface area (Å²) in [6.07, 6.45) is 6.06. The molecule has 0 spiro atoms. The van der Waals surface area contributed by atoms with Crippen LogP contribution in [0.1, 0.15) is 27.2 Å². The lowest BCUT2D eigenvalue weighted by Gasteiger charge is -2.05. The van der Waals surface area contributed by atoms with Crippen LogP contribution in [0.2, 0.25) is 0 Å². The van der Waals surface area contributed by atoms with Crippen molar-refractivity contribution in [2.45, 2.75) is 27.2 Å². The van der Waals surface area contributed by atoms with E-state index >= 15 is 0 Å². The zero-order chi connectivity index (χ0) is 11.0. The predicted molar refractivity (Wildman–Crippen MR) is 57.5 cm³/mol. The van der Waals surface area contributed by atoms with Crippen LogP contribution < -0.4 is 5.73 Å². The van der Waals surface area contributed by atoms with Gasteiger partial charge in [0.25, 0.3) is 0 Å². The molecule has 0 amide bonds. The third-order valence-corrected chi connectivity index (χ3v) is 1.67. The van der Waals surface area contributed by atoms with Gasteiger partial charge < -0.3 is 10.5 Å². The van der Waals surface area contributed by atoms with Crippen molar-refractivity contribution in [3.05, 3.63) is 23.9 Å². The van der Waals surface area contributed by atoms with Crippen molar-refractivity contribution in [2.75, 3.05) is 6.61 Å². The molecule has 3 nitrogen and oxygen atoms in total. The van der Waals surface area contributed by atoms with Crippen LogP contribution >= 0.6 is 0 Å². The number of esters is 1. The highest BCUT2D eigenvalue weighted by Gasteiger charge is 2.02. The lowest BCUT2D eigenvalue weighted by atomic mass is 10.1. The van der Waals surface area contributed by atoms with Crippen LogP contribution in [0.15, 0.2) is 23.9 Å². The number of carbonyl (C=O) groups excluding carboxylic acids is 1. The lowest BCUT2D eigenvalue weighted by molar-refractivity contribution is -0.137. The van der Waals surface area contributed by atoms with Crippen molar-refractivity contribution >= 4 is 5.97 Å². The fraction of sp³-hybridized carbons (Fsp3) is 0.545. The van der Waals surface area contributed by atoms with Gasteiger partial charge in [0.2, 0.25) is 0 Å². The molecule has 14 heavy (non-hydrogen) atoms. The molecule has 0 aliphatic carbocycles. The Balaban J connectivity index is 4.05. The second kappa shape index (κ2) is 7.18. The molecule has 0 aliphatic rings. The van der Waals surface area contributed by atoms with Crippen molar-refractivity contribution in [3.63, 3.8) is 0 Å². The van der Waals surface area contributed by atoms with Gasteiger partial charge in [-0.3, -0.25) is 0 Å². The summed E-state index contributed by atoms with van der Waals surface area (Å²) in [5.74, 6) is -0.0108. The van der Waals surface area contributed by atoms with E-state index in [4.69, 9.17) is 10.5 Å². The van der Waals surface area contributed by atoms with Gasteiger partial charge in [-0.1, -0.05) is 19.1 Å². The smallest absolute Gasteiger partial charge is 0.332 e. The molecule has 0 heterocycles. The lowest BCUT2D eigenvalue weighted by Crippen LogP contribution is -2.08. The van der Waals surface area contributed by atoms with Gasteiger partial charge >= 0.3 is 5.97 Å². The van der Waals surface area contributed by atoms with Crippen molar-refractivity contribution < 1.29 is 9.53 Å². The Bertz CT molecular complexity index is 231. The quantitative estimate of drug-likeness (QED) is 0.416. The summed E-state index contributed by atoms with van der Waals surface area (Å²) in [6, 6.07) is 0. The zero-order valence-corrected chi connectivity index (χ0v) is 9.12. The second-order valence-electron chi connectivity index (χ2n) is 3.18. The number of hydrogen-bond donors (Lipinski definition) is 1. The molecule has 1 atom stereocenters. The first-order chi connectivity index (χ1) is 6.60. The van der Waals surface area contributed by atoms with E-state index < -0.39 is 0 Å². The van der Waals surface area contributed by atoms with E-state index in [9.17, 15) is 4.79 Å². The molecule has 0 bridgehead atoms. The van der Waals surface area contributed by atoms with E-state index in [1.807, 2.05) is 26.0 Å². The van der Waals surface area contributed by atoms with Crippen molar-refractivity contribution in [2.24, 2.45) is 11.7 Å². The van der Waals surface area contributed by atoms with Gasteiger partial charge in [-0.25, -0.2) is 4.79 Å². The van der Waals surface area contributed by atoms with Crippen molar-refractivity contribution in [1.29, 1.82) is 0 Å². The highest BCUT2D eigenvalue weighted by Crippen LogP contribution is 2.08. The van der Waals surface area contributed by atoms with E-state index in [1.165, 1.54) is 6.08 Å². The zero-order valence-electron chi connectivity index (χ0n) is 9.12. The first-order valence-electron chi connectivity index (χ1n) is 4.85. The van der Waals surface area contributed by atoms with Crippen LogP contribution in [0.25, 0.3) is 0 Å². The van der Waals surface area contributed by atoms with Crippen molar-refractivity contribution in [3.8, 4) is 0 Å². The second-order valence-corrected chi connectivity index (χ2v) is 3.18. The first-order valence-corrected chi connectivity index (χ1v) is 4.85. The van der Waals surface area contributed by atoms with Crippen LogP contribution in [0.5, 0.6) is 0 Å². The van der Waals surface area contributed by atoms with Crippen LogP contribution in [0.4, 0.5) is 0 Å². The summed E-state index contributed by atoms with van der Waals surface area (Å²) in [4.78, 5) is 11.0. The molecule has 0 rings (SSSR count). The normalized spacial score (nSPS) is 14.4. The molecule has 0 saturated carbocycles. The number of carbonyl (C=O) groups is 1. The highest BCUT2D eigenvalue weighted by molar-refractivity contribution is 5.82. The van der Waals surface area contributed by atoms with Gasteiger partial charge in [0.05, 0.1) is 6.61 Å². The first kappa shape index (κ1) is 12.8. The van der Waals surface area contributed by atoms with Gasteiger partial charge in [-0.15, -0.1) is 0 Å². The maximum Gasteiger partial charge on any atom is 0.332 e. The molecule has 80 valence electrons. The van der Waals surface area contributed by atoms with Crippen LogP contribution in [0, 0.1) is 5.92 Å². The Labute approximate surface area is 85.6 Å². The molecular formula is C11H19NO2. The summed E-state index contributed by atoms with van der Waals surface area (Å²) >= 11 is 0. The maximum atomic E-state index is 11.0. The maximum absolute atomic E-state index is 11.0. The molecule has 0 aliphatic heterocycles. The summed E-state index contributed by atoms with van der Waals surface area (Å²) in [5, 5.41) is 0. The Kier molecular flexibility index (Phi) is 6.54. The minimum atomic E-state index is -0.363. The van der Waals surface area contributed by atoms with E-state index in [0.29, 0.717) is 24.6 Å². The van der Waals surface area contributed by atoms with Gasteiger partial charge in [-0.2, -0.15) is 0 Å². The number of allylic oxidation sites excluding steroid dienone is 3. The monoisotopic (exact) mass is 197 g/mol. The molecule has 0 aromatic carbocycles. The van der Waals surface area contributed by atoms with E-state index in [2.05, 4.69) is 0 Å². The molecule has 0 aromatic rings. The number of rotatable bonds is 5. The van der Waals surface area contributed by atoms with Gasteiger partial charge in [0.15, 0.2) is 0 Å². The van der Waals surface area contributed by atoms with Crippen LogP contribution in [-0.2, 0) is 9.53 Å². The van der Waals surface area contributed by atoms with Gasteiger partial charge in [0.1, 0.15) is 0 Å². The molecule has 2 N–H and O–H groups in total. The summed E-state index contributed by atoms with van der Waals surface area (Å²) in [7, 11) is 0. The van der Waals surface area contributed by atoms with E-state index in [-0.39, 0.29) is 5.97 Å². The molecule has 0 fully saturated rings. The molecular weight excluding hydrogens is 178 g/mol. The van der Waals surface area contributed by atoms with Crippen LogP contribution in [-0.4, -0.2) is 12.6 Å². The summed E-state index contributed by atoms with van der Waals surface area (Å²) in [5.41, 5.74) is 6.23. The number of ether oxygens (including phenoxy) is 1. The highest BCUT2D eigenvalue weighted by atomic mass is 16.5. The van der Waals surface area contributed by atoms with Gasteiger partial charge in [-0.05, 0) is 26.2 Å². The fourth-order valence-electron chi connectivity index (χ4n) is 1.16. The molecule has 0 saturated heterocycles. The standard InChI is InChI=1S/C11H19NO2/c1-4-6-9(3)7-10(12)8-11(13)14-5-2/h4,6,8-9H,5,7,12H2,1-3H3/b6-4+,10-8+/t9-/m1/s1. The topological polar surface area (TPSA) is 52.3 Å². The summed E-state index contributed by atoms with van der Waals surface area (Å²) < 4.78 is 4.74. The Morgan fingerprint density at radius 1 is 1.57 bits per heavy atom. The third-order valence-electron chi connectivity index (χ3n) is 1.67. The number of hydrogen-bond acceptors (Lipinski definition) is 3. The Morgan fingerprint density at radius 2 is 2.21 bits per heavy atom. The van der Waals surface area contributed by atoms with Crippen LogP contribution in [0.3, 0.4) is 0 Å². The Morgan fingerprint density at radius 3 is 2.71 bits per heavy atom. The third kappa shape index (κ3) is 6.29. The fourth-order valence-corrected chi connectivity index (χ4v) is 1.16. The molecule has 0 unspecified atom stereocenters. The summed E-state index contributed by atoms with van der Waals surface area (Å²) in [6.45, 7) is 6.16. The van der Waals surface area contributed by atoms with E-state index in [1.54, 1.807) is 6.92 Å².